The first-order valence-corrected chi connectivity index (χ1v) is 10.8. The number of carbonyl (C=O) groups is 1. The number of H-pyrrole nitrogens is 1. The Bertz CT molecular complexity index is 1450. The number of rotatable bonds is 6. The second-order valence-electron chi connectivity index (χ2n) is 7.63. The van der Waals surface area contributed by atoms with Gasteiger partial charge in [-0.2, -0.15) is 0 Å². The quantitative estimate of drug-likeness (QED) is 0.179. The van der Waals surface area contributed by atoms with Crippen molar-refractivity contribution in [2.75, 3.05) is 12.8 Å². The van der Waals surface area contributed by atoms with Gasteiger partial charge in [-0.15, -0.1) is 0 Å². The molecular weight excluding hydrogens is 434 g/mol. The minimum atomic E-state index is -0.429. The van der Waals surface area contributed by atoms with Gasteiger partial charge in [-0.05, 0) is 59.5 Å². The fourth-order valence-corrected chi connectivity index (χ4v) is 3.95. The second kappa shape index (κ2) is 9.67. The zero-order chi connectivity index (χ0) is 23.4. The summed E-state index contributed by atoms with van der Waals surface area (Å²) in [6, 6.07) is 20.4. The highest BCUT2D eigenvalue weighted by Gasteiger charge is 2.18. The lowest BCUT2D eigenvalue weighted by Gasteiger charge is -2.12. The summed E-state index contributed by atoms with van der Waals surface area (Å²) in [6.45, 7) is 0. The normalized spacial score (nSPS) is 11.6. The van der Waals surface area contributed by atoms with Crippen molar-refractivity contribution in [2.45, 2.75) is 6.42 Å². The van der Waals surface area contributed by atoms with Gasteiger partial charge < -0.3 is 10.7 Å². The first-order valence-electron chi connectivity index (χ1n) is 10.4. The third-order valence-corrected chi connectivity index (χ3v) is 5.60. The average Bonchev–Trinajstić information content (AvgIpc) is 2.81. The maximum absolute atomic E-state index is 13.3. The number of aromatic amines is 1. The van der Waals surface area contributed by atoms with E-state index >= 15 is 0 Å². The van der Waals surface area contributed by atoms with Crippen LogP contribution in [0.3, 0.4) is 0 Å². The number of nitrogens with one attached hydrogen (secondary N) is 1. The van der Waals surface area contributed by atoms with E-state index in [-0.39, 0.29) is 11.3 Å². The molecule has 5 nitrogen and oxygen atoms in total. The van der Waals surface area contributed by atoms with Crippen LogP contribution >= 0.6 is 11.6 Å². The summed E-state index contributed by atoms with van der Waals surface area (Å²) in [4.78, 5) is 33.1. The first-order chi connectivity index (χ1) is 16.0. The summed E-state index contributed by atoms with van der Waals surface area (Å²) in [6.07, 6.45) is 5.16. The molecule has 33 heavy (non-hydrogen) atoms. The molecule has 164 valence electrons. The smallest absolute Gasteiger partial charge is 0.259 e. The average molecular weight is 456 g/mol. The summed E-state index contributed by atoms with van der Waals surface area (Å²) in [5, 5.41) is 1.28. The highest BCUT2D eigenvalue weighted by molar-refractivity contribution is 6.31. The molecule has 0 amide bonds. The van der Waals surface area contributed by atoms with Crippen molar-refractivity contribution in [1.82, 2.24) is 4.98 Å². The van der Waals surface area contributed by atoms with Crippen LogP contribution in [-0.4, -0.2) is 24.0 Å². The molecule has 0 atom stereocenters. The standard InChI is InChI=1S/C27H22ClN3O2/c1-30-16-19-13-18(7-10-23(19)29)8-12-25(32)26-22(14-17-5-3-2-4-6-17)21-15-20(28)9-11-24(21)31-27(26)33/h2-13,15-16H,14,29H2,1H3,(H,31,33)/b12-8+,30-16?. The largest absolute Gasteiger partial charge is 0.398 e. The molecule has 4 rings (SSSR count). The van der Waals surface area contributed by atoms with E-state index in [2.05, 4.69) is 9.98 Å². The molecule has 0 aliphatic heterocycles. The number of nitrogen functional groups attached to an aromatic ring is 1. The van der Waals surface area contributed by atoms with Crippen molar-refractivity contribution < 1.29 is 4.79 Å². The summed E-state index contributed by atoms with van der Waals surface area (Å²) >= 11 is 6.25. The predicted octanol–water partition coefficient (Wildman–Crippen LogP) is 5.30. The third-order valence-electron chi connectivity index (χ3n) is 5.36. The molecule has 6 heteroatoms. The number of hydrogen-bond acceptors (Lipinski definition) is 4. The molecule has 0 radical (unpaired) electrons. The van der Waals surface area contributed by atoms with Crippen LogP contribution in [0, 0.1) is 0 Å². The molecule has 3 N–H and O–H groups in total. The number of pyridine rings is 1. The van der Waals surface area contributed by atoms with Gasteiger partial charge >= 0.3 is 0 Å². The Morgan fingerprint density at radius 3 is 2.64 bits per heavy atom. The van der Waals surface area contributed by atoms with Gasteiger partial charge in [0.2, 0.25) is 0 Å². The van der Waals surface area contributed by atoms with E-state index in [1.807, 2.05) is 36.4 Å². The number of fused-ring (bicyclic) bond motifs is 1. The maximum Gasteiger partial charge on any atom is 0.259 e. The van der Waals surface area contributed by atoms with Crippen LogP contribution in [0.25, 0.3) is 17.0 Å². The molecular formula is C27H22ClN3O2. The minimum Gasteiger partial charge on any atom is -0.398 e. The Balaban J connectivity index is 1.81. The summed E-state index contributed by atoms with van der Waals surface area (Å²) in [5.41, 5.74) is 10.0. The van der Waals surface area contributed by atoms with Crippen LogP contribution in [0.15, 0.2) is 82.6 Å². The number of aliphatic imine (C=N–C) groups is 1. The maximum atomic E-state index is 13.3. The van der Waals surface area contributed by atoms with Crippen LogP contribution in [0.2, 0.25) is 5.02 Å². The summed E-state index contributed by atoms with van der Waals surface area (Å²) in [7, 11) is 1.66. The highest BCUT2D eigenvalue weighted by Crippen LogP contribution is 2.25. The number of halogens is 1. The number of hydrogen-bond donors (Lipinski definition) is 2. The van der Waals surface area contributed by atoms with Gasteiger partial charge in [0.05, 0.1) is 5.56 Å². The van der Waals surface area contributed by atoms with Crippen molar-refractivity contribution in [1.29, 1.82) is 0 Å². The van der Waals surface area contributed by atoms with E-state index in [1.54, 1.807) is 49.7 Å². The van der Waals surface area contributed by atoms with Crippen molar-refractivity contribution >= 4 is 46.3 Å². The number of ketones is 1. The van der Waals surface area contributed by atoms with Gasteiger partial charge in [-0.3, -0.25) is 14.6 Å². The number of carbonyl (C=O) groups excluding carboxylic acids is 1. The molecule has 1 aromatic heterocycles. The SMILES string of the molecule is CN=Cc1cc(/C=C/C(=O)c2c(Cc3ccccc3)c3cc(Cl)ccc3[nH]c2=O)ccc1N. The first kappa shape index (κ1) is 22.2. The van der Waals surface area contributed by atoms with Gasteiger partial charge in [-0.25, -0.2) is 0 Å². The van der Waals surface area contributed by atoms with Crippen molar-refractivity contribution in [3.8, 4) is 0 Å². The van der Waals surface area contributed by atoms with Crippen LogP contribution in [-0.2, 0) is 6.42 Å². The Morgan fingerprint density at radius 1 is 1.09 bits per heavy atom. The lowest BCUT2D eigenvalue weighted by Crippen LogP contribution is -2.20. The van der Waals surface area contributed by atoms with Gasteiger partial charge in [0.1, 0.15) is 0 Å². The summed E-state index contributed by atoms with van der Waals surface area (Å²) in [5.74, 6) is -0.383. The Morgan fingerprint density at radius 2 is 1.88 bits per heavy atom. The van der Waals surface area contributed by atoms with Crippen LogP contribution in [0.5, 0.6) is 0 Å². The fourth-order valence-electron chi connectivity index (χ4n) is 3.78. The zero-order valence-electron chi connectivity index (χ0n) is 18.0. The third kappa shape index (κ3) is 4.94. The van der Waals surface area contributed by atoms with Crippen LogP contribution in [0.1, 0.15) is 32.6 Å². The molecule has 0 bridgehead atoms. The highest BCUT2D eigenvalue weighted by atomic mass is 35.5. The minimum absolute atomic E-state index is 0.107. The Kier molecular flexibility index (Phi) is 6.52. The molecule has 0 unspecified atom stereocenters. The van der Waals surface area contributed by atoms with E-state index < -0.39 is 5.56 Å². The molecule has 3 aromatic carbocycles. The predicted molar refractivity (Wildman–Crippen MR) is 137 cm³/mol. The number of benzene rings is 3. The van der Waals surface area contributed by atoms with E-state index in [4.69, 9.17) is 17.3 Å². The second-order valence-corrected chi connectivity index (χ2v) is 8.07. The number of nitrogens with two attached hydrogens (primary N) is 1. The number of anilines is 1. The zero-order valence-corrected chi connectivity index (χ0v) is 18.8. The fraction of sp³-hybridized carbons (Fsp3) is 0.0741. The van der Waals surface area contributed by atoms with E-state index in [0.717, 1.165) is 22.1 Å². The van der Waals surface area contributed by atoms with Crippen LogP contribution in [0.4, 0.5) is 5.69 Å². The molecule has 0 saturated heterocycles. The van der Waals surface area contributed by atoms with Crippen molar-refractivity contribution in [3.63, 3.8) is 0 Å². The monoisotopic (exact) mass is 455 g/mol. The van der Waals surface area contributed by atoms with E-state index in [9.17, 15) is 9.59 Å². The topological polar surface area (TPSA) is 88.3 Å². The van der Waals surface area contributed by atoms with Crippen molar-refractivity contribution in [2.24, 2.45) is 4.99 Å². The van der Waals surface area contributed by atoms with E-state index in [1.165, 1.54) is 6.08 Å². The molecule has 0 spiro atoms. The molecule has 0 aliphatic carbocycles. The molecule has 0 fully saturated rings. The Labute approximate surface area is 196 Å². The molecule has 4 aromatic rings. The number of nitrogens with zero attached hydrogens (tertiary/aromatic N) is 1. The number of allylic oxidation sites excluding steroid dienone is 1. The van der Waals surface area contributed by atoms with E-state index in [0.29, 0.717) is 28.2 Å². The lowest BCUT2D eigenvalue weighted by molar-refractivity contribution is 0.104. The molecule has 0 saturated carbocycles. The van der Waals surface area contributed by atoms with Crippen molar-refractivity contribution in [3.05, 3.63) is 116 Å². The summed E-state index contributed by atoms with van der Waals surface area (Å²) < 4.78 is 0. The molecule has 1 heterocycles. The van der Waals surface area contributed by atoms with Gasteiger partial charge in [0.15, 0.2) is 5.78 Å². The van der Waals surface area contributed by atoms with Gasteiger partial charge in [0, 0.05) is 40.4 Å². The molecule has 0 aliphatic rings. The number of aromatic nitrogens is 1. The lowest BCUT2D eigenvalue weighted by atomic mass is 9.94. The van der Waals surface area contributed by atoms with Gasteiger partial charge in [0.25, 0.3) is 5.56 Å². The Hall–Kier alpha value is -3.96. The van der Waals surface area contributed by atoms with Gasteiger partial charge in [-0.1, -0.05) is 54.1 Å². The van der Waals surface area contributed by atoms with Crippen LogP contribution < -0.4 is 11.3 Å².